The average Bonchev–Trinajstić information content (AvgIpc) is 3.14. The maximum Gasteiger partial charge on any atom is 0.330 e. The lowest BCUT2D eigenvalue weighted by Crippen LogP contribution is -2.13. The highest BCUT2D eigenvalue weighted by Crippen LogP contribution is 2.13. The molecule has 5 heteroatoms. The first-order valence-electron chi connectivity index (χ1n) is 7.02. The molecule has 2 N–H and O–H groups in total. The van der Waals surface area contributed by atoms with Crippen molar-refractivity contribution in [2.24, 2.45) is 0 Å². The first-order valence-corrected chi connectivity index (χ1v) is 7.02. The summed E-state index contributed by atoms with van der Waals surface area (Å²) in [6.45, 7) is 3.89. The molecule has 2 aromatic heterocycles. The van der Waals surface area contributed by atoms with E-state index < -0.39 is 0 Å². The van der Waals surface area contributed by atoms with Crippen LogP contribution in [0.4, 0.5) is 5.69 Å². The number of H-pyrrole nitrogens is 1. The maximum atomic E-state index is 11.5. The summed E-state index contributed by atoms with van der Waals surface area (Å²) in [4.78, 5) is 14.2. The lowest BCUT2D eigenvalue weighted by atomic mass is 10.2. The molecule has 0 spiro atoms. The van der Waals surface area contributed by atoms with Crippen LogP contribution in [-0.4, -0.2) is 14.1 Å². The van der Waals surface area contributed by atoms with Gasteiger partial charge in [0.2, 0.25) is 0 Å². The molecule has 0 aliphatic rings. The molecule has 0 saturated carbocycles. The average molecular weight is 282 g/mol. The summed E-state index contributed by atoms with van der Waals surface area (Å²) in [5, 5.41) is 3.39. The Hall–Kier alpha value is -2.69. The van der Waals surface area contributed by atoms with Crippen molar-refractivity contribution in [1.82, 2.24) is 14.1 Å². The van der Waals surface area contributed by atoms with Crippen LogP contribution in [0.3, 0.4) is 0 Å². The third-order valence-corrected chi connectivity index (χ3v) is 3.53. The van der Waals surface area contributed by atoms with E-state index in [1.54, 1.807) is 17.0 Å². The Morgan fingerprint density at radius 1 is 1.14 bits per heavy atom. The monoisotopic (exact) mass is 282 g/mol. The molecule has 0 bridgehead atoms. The van der Waals surface area contributed by atoms with Gasteiger partial charge < -0.3 is 14.9 Å². The number of imidazole rings is 1. The number of nitrogens with one attached hydrogen (secondary N) is 2. The van der Waals surface area contributed by atoms with Gasteiger partial charge in [0, 0.05) is 36.5 Å². The van der Waals surface area contributed by atoms with E-state index in [4.69, 9.17) is 0 Å². The lowest BCUT2D eigenvalue weighted by Gasteiger charge is -2.10. The standard InChI is InChI=1S/C16H18N4O/c1-2-19-10-3-4-15(19)12-18-13-5-7-14(8-6-13)20-11-9-17-16(20)21/h3-11,18H,2,12H2,1H3,(H,17,21). The number of anilines is 1. The second-order valence-corrected chi connectivity index (χ2v) is 4.82. The smallest absolute Gasteiger partial charge is 0.330 e. The van der Waals surface area contributed by atoms with Crippen LogP contribution < -0.4 is 11.0 Å². The number of benzene rings is 1. The van der Waals surface area contributed by atoms with Gasteiger partial charge in [0.15, 0.2) is 0 Å². The van der Waals surface area contributed by atoms with E-state index >= 15 is 0 Å². The fraction of sp³-hybridized carbons (Fsp3) is 0.188. The van der Waals surface area contributed by atoms with Crippen molar-refractivity contribution in [1.29, 1.82) is 0 Å². The number of aromatic nitrogens is 3. The summed E-state index contributed by atoms with van der Waals surface area (Å²) in [6, 6.07) is 12.0. The Morgan fingerprint density at radius 3 is 2.62 bits per heavy atom. The fourth-order valence-electron chi connectivity index (χ4n) is 2.37. The number of rotatable bonds is 5. The Kier molecular flexibility index (Phi) is 3.64. The Bertz CT molecular complexity index is 764. The molecule has 108 valence electrons. The molecule has 2 heterocycles. The minimum Gasteiger partial charge on any atom is -0.379 e. The molecule has 3 aromatic rings. The Morgan fingerprint density at radius 2 is 1.95 bits per heavy atom. The molecule has 1 aromatic carbocycles. The topological polar surface area (TPSA) is 54.8 Å². The molecule has 0 saturated heterocycles. The number of aryl methyl sites for hydroxylation is 1. The van der Waals surface area contributed by atoms with Crippen molar-refractivity contribution in [2.45, 2.75) is 20.0 Å². The van der Waals surface area contributed by atoms with Crippen molar-refractivity contribution in [2.75, 3.05) is 5.32 Å². The molecule has 0 radical (unpaired) electrons. The van der Waals surface area contributed by atoms with Gasteiger partial charge in [-0.05, 0) is 43.3 Å². The molecule has 0 atom stereocenters. The van der Waals surface area contributed by atoms with Crippen molar-refractivity contribution < 1.29 is 0 Å². The molecule has 0 amide bonds. The maximum absolute atomic E-state index is 11.5. The highest BCUT2D eigenvalue weighted by Gasteiger charge is 2.01. The van der Waals surface area contributed by atoms with E-state index in [0.29, 0.717) is 0 Å². The molecule has 0 fully saturated rings. The minimum absolute atomic E-state index is 0.128. The van der Waals surface area contributed by atoms with Gasteiger partial charge in [0.05, 0.1) is 12.2 Å². The summed E-state index contributed by atoms with van der Waals surface area (Å²) in [7, 11) is 0. The molecule has 0 aliphatic carbocycles. The van der Waals surface area contributed by atoms with Crippen LogP contribution in [0.5, 0.6) is 0 Å². The van der Waals surface area contributed by atoms with Crippen LogP contribution in [0.1, 0.15) is 12.6 Å². The SMILES string of the molecule is CCn1cccc1CNc1ccc(-n2cc[nH]c2=O)cc1. The van der Waals surface area contributed by atoms with E-state index in [2.05, 4.69) is 40.1 Å². The number of aromatic amines is 1. The van der Waals surface area contributed by atoms with E-state index in [-0.39, 0.29) is 5.69 Å². The van der Waals surface area contributed by atoms with E-state index in [9.17, 15) is 4.79 Å². The largest absolute Gasteiger partial charge is 0.379 e. The van der Waals surface area contributed by atoms with E-state index in [1.807, 2.05) is 24.3 Å². The number of hydrogen-bond donors (Lipinski definition) is 2. The second-order valence-electron chi connectivity index (χ2n) is 4.82. The molecule has 0 unspecified atom stereocenters. The van der Waals surface area contributed by atoms with Gasteiger partial charge in [0.25, 0.3) is 0 Å². The van der Waals surface area contributed by atoms with Crippen molar-refractivity contribution in [3.05, 3.63) is 71.2 Å². The Labute approximate surface area is 122 Å². The zero-order valence-electron chi connectivity index (χ0n) is 11.9. The van der Waals surface area contributed by atoms with Crippen LogP contribution in [0.2, 0.25) is 0 Å². The van der Waals surface area contributed by atoms with Gasteiger partial charge in [-0.3, -0.25) is 4.57 Å². The van der Waals surface area contributed by atoms with Gasteiger partial charge >= 0.3 is 5.69 Å². The zero-order valence-corrected chi connectivity index (χ0v) is 11.9. The highest BCUT2D eigenvalue weighted by molar-refractivity contribution is 5.48. The first kappa shape index (κ1) is 13.3. The predicted molar refractivity (Wildman–Crippen MR) is 83.8 cm³/mol. The van der Waals surface area contributed by atoms with E-state index in [1.165, 1.54) is 5.69 Å². The van der Waals surface area contributed by atoms with Gasteiger partial charge in [-0.1, -0.05) is 0 Å². The zero-order chi connectivity index (χ0) is 14.7. The normalized spacial score (nSPS) is 10.7. The number of hydrogen-bond acceptors (Lipinski definition) is 2. The third-order valence-electron chi connectivity index (χ3n) is 3.53. The van der Waals surface area contributed by atoms with Gasteiger partial charge in [-0.15, -0.1) is 0 Å². The Balaban J connectivity index is 1.70. The summed E-state index contributed by atoms with van der Waals surface area (Å²) < 4.78 is 3.78. The van der Waals surface area contributed by atoms with Crippen LogP contribution in [0.15, 0.2) is 59.8 Å². The summed E-state index contributed by atoms with van der Waals surface area (Å²) in [5.74, 6) is 0. The summed E-state index contributed by atoms with van der Waals surface area (Å²) in [6.07, 6.45) is 5.44. The van der Waals surface area contributed by atoms with Gasteiger partial charge in [-0.2, -0.15) is 0 Å². The van der Waals surface area contributed by atoms with Crippen LogP contribution in [-0.2, 0) is 13.1 Å². The van der Waals surface area contributed by atoms with Crippen LogP contribution >= 0.6 is 0 Å². The molecular weight excluding hydrogens is 264 g/mol. The van der Waals surface area contributed by atoms with Crippen molar-refractivity contribution in [3.8, 4) is 5.69 Å². The van der Waals surface area contributed by atoms with Crippen molar-refractivity contribution >= 4 is 5.69 Å². The minimum atomic E-state index is -0.128. The highest BCUT2D eigenvalue weighted by atomic mass is 16.1. The lowest BCUT2D eigenvalue weighted by molar-refractivity contribution is 0.724. The van der Waals surface area contributed by atoms with Crippen molar-refractivity contribution in [3.63, 3.8) is 0 Å². The third kappa shape index (κ3) is 2.76. The fourth-order valence-corrected chi connectivity index (χ4v) is 2.37. The van der Waals surface area contributed by atoms with E-state index in [0.717, 1.165) is 24.5 Å². The summed E-state index contributed by atoms with van der Waals surface area (Å²) in [5.41, 5.74) is 3.01. The molecule has 21 heavy (non-hydrogen) atoms. The van der Waals surface area contributed by atoms with Gasteiger partial charge in [-0.25, -0.2) is 4.79 Å². The number of nitrogens with zero attached hydrogens (tertiary/aromatic N) is 2. The molecule has 3 rings (SSSR count). The molecule has 5 nitrogen and oxygen atoms in total. The second kappa shape index (κ2) is 5.75. The molecular formula is C16H18N4O. The van der Waals surface area contributed by atoms with Crippen LogP contribution in [0.25, 0.3) is 5.69 Å². The van der Waals surface area contributed by atoms with Crippen LogP contribution in [0, 0.1) is 0 Å². The first-order chi connectivity index (χ1) is 10.3. The predicted octanol–water partition coefficient (Wildman–Crippen LogP) is 2.60. The van der Waals surface area contributed by atoms with Gasteiger partial charge in [0.1, 0.15) is 0 Å². The summed E-state index contributed by atoms with van der Waals surface area (Å²) >= 11 is 0. The quantitative estimate of drug-likeness (QED) is 0.755. The molecule has 0 aliphatic heterocycles.